The van der Waals surface area contributed by atoms with Crippen molar-refractivity contribution in [1.29, 1.82) is 5.26 Å². The van der Waals surface area contributed by atoms with Crippen LogP contribution in [0.3, 0.4) is 0 Å². The van der Waals surface area contributed by atoms with Crippen molar-refractivity contribution in [2.45, 2.75) is 71.4 Å². The molecular weight excluding hydrogens is 358 g/mol. The van der Waals surface area contributed by atoms with Crippen LogP contribution in [-0.2, 0) is 12.8 Å². The summed E-state index contributed by atoms with van der Waals surface area (Å²) in [5, 5.41) is 9.19. The Kier molecular flexibility index (Phi) is 7.46. The van der Waals surface area contributed by atoms with Crippen molar-refractivity contribution in [3.63, 3.8) is 0 Å². The lowest BCUT2D eigenvalue weighted by molar-refractivity contribution is 0.791. The molecule has 2 atom stereocenters. The molecule has 0 N–H and O–H groups in total. The van der Waals surface area contributed by atoms with Gasteiger partial charge in [0.05, 0.1) is 25.2 Å². The Labute approximate surface area is 174 Å². The molecule has 2 aliphatic rings. The molecule has 2 aliphatic heterocycles. The highest BCUT2D eigenvalue weighted by Gasteiger charge is 2.21. The van der Waals surface area contributed by atoms with Crippen molar-refractivity contribution in [2.75, 3.05) is 13.1 Å². The molecule has 0 aliphatic carbocycles. The third-order valence-electron chi connectivity index (χ3n) is 5.51. The normalized spacial score (nSPS) is 21.6. The van der Waals surface area contributed by atoms with Gasteiger partial charge in [-0.1, -0.05) is 51.0 Å². The first-order chi connectivity index (χ1) is 14.1. The molecule has 0 spiro atoms. The first-order valence-electron chi connectivity index (χ1n) is 10.8. The van der Waals surface area contributed by atoms with Crippen LogP contribution in [0, 0.1) is 11.3 Å². The van der Waals surface area contributed by atoms with E-state index in [2.05, 4.69) is 66.1 Å². The first kappa shape index (κ1) is 21.1. The van der Waals surface area contributed by atoms with E-state index in [9.17, 15) is 5.26 Å². The van der Waals surface area contributed by atoms with Crippen molar-refractivity contribution < 1.29 is 0 Å². The predicted molar refractivity (Wildman–Crippen MR) is 122 cm³/mol. The maximum atomic E-state index is 9.19. The van der Waals surface area contributed by atoms with Gasteiger partial charge < -0.3 is 0 Å². The average molecular weight is 390 g/mol. The van der Waals surface area contributed by atoms with Gasteiger partial charge in [-0.15, -0.1) is 0 Å². The highest BCUT2D eigenvalue weighted by Crippen LogP contribution is 2.17. The van der Waals surface area contributed by atoms with Gasteiger partial charge in [0, 0.05) is 30.0 Å². The molecule has 0 aromatic heterocycles. The van der Waals surface area contributed by atoms with Crippen LogP contribution in [-0.4, -0.2) is 48.0 Å². The molecule has 3 rings (SSSR count). The highest BCUT2D eigenvalue weighted by molar-refractivity contribution is 6.06. The minimum Gasteiger partial charge on any atom is -0.286 e. The summed E-state index contributed by atoms with van der Waals surface area (Å²) in [6.45, 7) is 7.64. The van der Waals surface area contributed by atoms with Gasteiger partial charge in [0.15, 0.2) is 0 Å². The van der Waals surface area contributed by atoms with E-state index in [1.165, 1.54) is 16.8 Å². The van der Waals surface area contributed by atoms with Crippen LogP contribution >= 0.6 is 0 Å². The minimum atomic E-state index is -0.00174. The van der Waals surface area contributed by atoms with Crippen molar-refractivity contribution >= 4 is 22.8 Å². The van der Waals surface area contributed by atoms with Crippen LogP contribution in [0.2, 0.25) is 0 Å². The van der Waals surface area contributed by atoms with Crippen LogP contribution in [0.1, 0.15) is 57.6 Å². The zero-order valence-electron chi connectivity index (χ0n) is 17.9. The van der Waals surface area contributed by atoms with E-state index in [1.54, 1.807) is 0 Å². The molecule has 0 fully saturated rings. The number of nitrogens with zero attached hydrogens (tertiary/aromatic N) is 5. The van der Waals surface area contributed by atoms with E-state index in [0.717, 1.165) is 56.5 Å². The lowest BCUT2D eigenvalue weighted by Crippen LogP contribution is -2.28. The van der Waals surface area contributed by atoms with E-state index in [1.807, 2.05) is 0 Å². The molecule has 0 saturated heterocycles. The molecule has 2 heterocycles. The monoisotopic (exact) mass is 389 g/mol. The number of benzene rings is 1. The number of aliphatic imine (C=N–C) groups is 4. The second-order valence-corrected chi connectivity index (χ2v) is 7.90. The standard InChI is InChI=1S/C24H31N5/c1-4-6-20-15-26-17(3)23(28-20)12-18-8-10-19(11-9-18)13-24-22(7-5-2)27-16-21(14-25)29-24/h8-11,23-24H,4-7,12-13,15-16H2,1-3H3/t23-,24?/m1/s1. The summed E-state index contributed by atoms with van der Waals surface area (Å²) < 4.78 is 0. The van der Waals surface area contributed by atoms with Gasteiger partial charge in [0.25, 0.3) is 0 Å². The lowest BCUT2D eigenvalue weighted by atomic mass is 9.95. The molecule has 152 valence electrons. The SMILES string of the molecule is CCCC1=N[C@H](Cc2ccc(CC3N=C(C#N)CN=C3CCC)cc2)C(C)=NC1. The molecule has 0 radical (unpaired) electrons. The maximum absolute atomic E-state index is 9.19. The lowest BCUT2D eigenvalue weighted by Gasteiger charge is -2.21. The number of hydrogen-bond donors (Lipinski definition) is 0. The Balaban J connectivity index is 1.67. The summed E-state index contributed by atoms with van der Waals surface area (Å²) in [5.74, 6) is 0. The second-order valence-electron chi connectivity index (χ2n) is 7.90. The largest absolute Gasteiger partial charge is 0.286 e. The van der Waals surface area contributed by atoms with Crippen LogP contribution in [0.25, 0.3) is 0 Å². The fraction of sp³-hybridized carbons (Fsp3) is 0.542. The fourth-order valence-corrected chi connectivity index (χ4v) is 3.87. The Bertz CT molecular complexity index is 868. The first-order valence-corrected chi connectivity index (χ1v) is 10.8. The smallest absolute Gasteiger partial charge is 0.134 e. The second kappa shape index (κ2) is 10.2. The highest BCUT2D eigenvalue weighted by atomic mass is 14.9. The van der Waals surface area contributed by atoms with Gasteiger partial charge in [-0.3, -0.25) is 20.0 Å². The molecule has 0 bridgehead atoms. The Morgan fingerprint density at radius 2 is 1.55 bits per heavy atom. The third kappa shape index (κ3) is 5.69. The van der Waals surface area contributed by atoms with Gasteiger partial charge in [-0.05, 0) is 30.9 Å². The number of rotatable bonds is 8. The fourth-order valence-electron chi connectivity index (χ4n) is 3.87. The van der Waals surface area contributed by atoms with Crippen molar-refractivity contribution in [3.05, 3.63) is 35.4 Å². The summed E-state index contributed by atoms with van der Waals surface area (Å²) in [6, 6.07) is 11.1. The van der Waals surface area contributed by atoms with Crippen molar-refractivity contribution in [3.8, 4) is 6.07 Å². The molecule has 29 heavy (non-hydrogen) atoms. The van der Waals surface area contributed by atoms with Gasteiger partial charge in [-0.2, -0.15) is 5.26 Å². The number of nitriles is 1. The molecule has 1 aromatic rings. The Hall–Kier alpha value is -2.61. The summed E-state index contributed by atoms with van der Waals surface area (Å²) in [5.41, 5.74) is 6.54. The van der Waals surface area contributed by atoms with E-state index in [0.29, 0.717) is 12.3 Å². The molecule has 0 saturated carbocycles. The molecule has 1 aromatic carbocycles. The van der Waals surface area contributed by atoms with Crippen molar-refractivity contribution in [2.24, 2.45) is 20.0 Å². The molecule has 5 nitrogen and oxygen atoms in total. The molecule has 1 unspecified atom stereocenters. The topological polar surface area (TPSA) is 73.2 Å². The van der Waals surface area contributed by atoms with E-state index < -0.39 is 0 Å². The molecule has 0 amide bonds. The summed E-state index contributed by atoms with van der Waals surface area (Å²) in [6.07, 6.45) is 5.85. The Morgan fingerprint density at radius 1 is 0.897 bits per heavy atom. The summed E-state index contributed by atoms with van der Waals surface area (Å²) in [4.78, 5) is 18.9. The summed E-state index contributed by atoms with van der Waals surface area (Å²) in [7, 11) is 0. The zero-order chi connectivity index (χ0) is 20.6. The molecule has 5 heteroatoms. The maximum Gasteiger partial charge on any atom is 0.134 e. The Morgan fingerprint density at radius 3 is 2.17 bits per heavy atom. The van der Waals surface area contributed by atoms with E-state index in [-0.39, 0.29) is 12.1 Å². The van der Waals surface area contributed by atoms with Gasteiger partial charge in [0.1, 0.15) is 11.8 Å². The quantitative estimate of drug-likeness (QED) is 0.647. The van der Waals surface area contributed by atoms with Crippen LogP contribution in [0.5, 0.6) is 0 Å². The van der Waals surface area contributed by atoms with Gasteiger partial charge in [-0.25, -0.2) is 0 Å². The molecular formula is C24H31N5. The predicted octanol–water partition coefficient (Wildman–Crippen LogP) is 4.44. The number of hydrogen-bond acceptors (Lipinski definition) is 5. The van der Waals surface area contributed by atoms with E-state index in [4.69, 9.17) is 4.99 Å². The van der Waals surface area contributed by atoms with Crippen molar-refractivity contribution in [1.82, 2.24) is 0 Å². The minimum absolute atomic E-state index is 0.00174. The van der Waals surface area contributed by atoms with Gasteiger partial charge in [0.2, 0.25) is 0 Å². The third-order valence-corrected chi connectivity index (χ3v) is 5.51. The average Bonchev–Trinajstić information content (AvgIpc) is 2.73. The summed E-state index contributed by atoms with van der Waals surface area (Å²) >= 11 is 0. The van der Waals surface area contributed by atoms with Gasteiger partial charge >= 0.3 is 0 Å². The van der Waals surface area contributed by atoms with Crippen LogP contribution in [0.15, 0.2) is 44.2 Å². The van der Waals surface area contributed by atoms with E-state index >= 15 is 0 Å². The van der Waals surface area contributed by atoms with Crippen LogP contribution in [0.4, 0.5) is 0 Å². The zero-order valence-corrected chi connectivity index (χ0v) is 17.9. The van der Waals surface area contributed by atoms with Crippen LogP contribution < -0.4 is 0 Å².